The highest BCUT2D eigenvalue weighted by atomic mass is 79.9. The summed E-state index contributed by atoms with van der Waals surface area (Å²) in [5.41, 5.74) is 1.63. The van der Waals surface area contributed by atoms with Crippen molar-refractivity contribution in [3.05, 3.63) is 39.6 Å². The molecule has 1 aromatic heterocycles. The van der Waals surface area contributed by atoms with Crippen LogP contribution in [0.3, 0.4) is 0 Å². The van der Waals surface area contributed by atoms with Crippen LogP contribution in [0.4, 0.5) is 5.13 Å². The van der Waals surface area contributed by atoms with E-state index in [9.17, 15) is 4.79 Å². The fraction of sp³-hybridized carbons (Fsp3) is 0.182. The van der Waals surface area contributed by atoms with Crippen molar-refractivity contribution < 1.29 is 4.79 Å². The Labute approximate surface area is 111 Å². The third-order valence-electron chi connectivity index (χ3n) is 2.05. The van der Waals surface area contributed by atoms with Gasteiger partial charge in [-0.05, 0) is 37.6 Å². The van der Waals surface area contributed by atoms with Crippen molar-refractivity contribution >= 4 is 38.5 Å². The van der Waals surface area contributed by atoms with E-state index >= 15 is 0 Å². The van der Waals surface area contributed by atoms with Crippen molar-refractivity contribution in [1.82, 2.24) is 9.36 Å². The van der Waals surface area contributed by atoms with E-state index in [4.69, 9.17) is 0 Å². The Balaban J connectivity index is 2.19. The number of carbonyl (C=O) groups is 1. The molecule has 2 rings (SSSR count). The van der Waals surface area contributed by atoms with Crippen molar-refractivity contribution in [2.75, 3.05) is 5.32 Å². The zero-order valence-corrected chi connectivity index (χ0v) is 11.7. The lowest BCUT2D eigenvalue weighted by Gasteiger charge is -2.03. The molecule has 0 fully saturated rings. The number of anilines is 1. The fourth-order valence-electron chi connectivity index (χ4n) is 1.38. The van der Waals surface area contributed by atoms with Crippen LogP contribution in [0, 0.1) is 13.8 Å². The molecule has 88 valence electrons. The summed E-state index contributed by atoms with van der Waals surface area (Å²) in [5, 5.41) is 3.24. The molecule has 0 unspecified atom stereocenters. The number of rotatable bonds is 2. The SMILES string of the molecule is Cc1cc(Br)cc(C(=O)Nc2nc(C)ns2)c1. The lowest BCUT2D eigenvalue weighted by Crippen LogP contribution is -2.11. The van der Waals surface area contributed by atoms with E-state index in [0.29, 0.717) is 16.5 Å². The number of aryl methyl sites for hydroxylation is 2. The minimum atomic E-state index is -0.175. The first-order valence-electron chi connectivity index (χ1n) is 4.93. The van der Waals surface area contributed by atoms with E-state index in [1.807, 2.05) is 19.1 Å². The summed E-state index contributed by atoms with van der Waals surface area (Å²) in [5.74, 6) is 0.487. The van der Waals surface area contributed by atoms with Gasteiger partial charge in [0.2, 0.25) is 5.13 Å². The number of aromatic nitrogens is 2. The second kappa shape index (κ2) is 4.93. The summed E-state index contributed by atoms with van der Waals surface area (Å²) in [6.07, 6.45) is 0. The highest BCUT2D eigenvalue weighted by molar-refractivity contribution is 9.10. The molecular formula is C11H10BrN3OS. The third kappa shape index (κ3) is 3.10. The molecule has 1 heterocycles. The Morgan fingerprint density at radius 3 is 2.71 bits per heavy atom. The molecule has 0 bridgehead atoms. The fourth-order valence-corrected chi connectivity index (χ4v) is 2.56. The predicted molar refractivity (Wildman–Crippen MR) is 71.5 cm³/mol. The Bertz CT molecular complexity index is 547. The summed E-state index contributed by atoms with van der Waals surface area (Å²) < 4.78 is 4.89. The van der Waals surface area contributed by atoms with Gasteiger partial charge in [0.15, 0.2) is 0 Å². The van der Waals surface area contributed by atoms with Gasteiger partial charge in [-0.2, -0.15) is 4.37 Å². The zero-order valence-electron chi connectivity index (χ0n) is 9.32. The molecule has 6 heteroatoms. The molecule has 1 N–H and O–H groups in total. The van der Waals surface area contributed by atoms with Crippen LogP contribution in [0.5, 0.6) is 0 Å². The maximum Gasteiger partial charge on any atom is 0.257 e. The van der Waals surface area contributed by atoms with E-state index in [-0.39, 0.29) is 5.91 Å². The normalized spacial score (nSPS) is 10.3. The number of hydrogen-bond acceptors (Lipinski definition) is 4. The summed E-state index contributed by atoms with van der Waals surface area (Å²) in [6.45, 7) is 3.73. The van der Waals surface area contributed by atoms with E-state index in [2.05, 4.69) is 30.6 Å². The number of nitrogens with one attached hydrogen (secondary N) is 1. The summed E-state index contributed by atoms with van der Waals surface area (Å²) in [6, 6.07) is 5.55. The van der Waals surface area contributed by atoms with E-state index in [1.165, 1.54) is 11.5 Å². The Morgan fingerprint density at radius 1 is 1.35 bits per heavy atom. The molecule has 4 nitrogen and oxygen atoms in total. The second-order valence-corrected chi connectivity index (χ2v) is 5.29. The monoisotopic (exact) mass is 311 g/mol. The molecule has 1 aromatic carbocycles. The van der Waals surface area contributed by atoms with Crippen LogP contribution in [0.1, 0.15) is 21.7 Å². The van der Waals surface area contributed by atoms with Gasteiger partial charge < -0.3 is 0 Å². The molecule has 0 radical (unpaired) electrons. The number of nitrogens with zero attached hydrogens (tertiary/aromatic N) is 2. The molecule has 1 amide bonds. The smallest absolute Gasteiger partial charge is 0.257 e. The first-order valence-corrected chi connectivity index (χ1v) is 6.50. The van der Waals surface area contributed by atoms with E-state index < -0.39 is 0 Å². The molecule has 0 saturated carbocycles. The molecule has 0 aliphatic carbocycles. The van der Waals surface area contributed by atoms with Gasteiger partial charge in [-0.25, -0.2) is 4.98 Å². The molecule has 2 aromatic rings. The summed E-state index contributed by atoms with van der Waals surface area (Å²) in [7, 11) is 0. The van der Waals surface area contributed by atoms with Crippen LogP contribution >= 0.6 is 27.5 Å². The number of benzene rings is 1. The van der Waals surface area contributed by atoms with Crippen LogP contribution in [0.25, 0.3) is 0 Å². The molecule has 0 aliphatic rings. The predicted octanol–water partition coefficient (Wildman–Crippen LogP) is 3.17. The van der Waals surface area contributed by atoms with E-state index in [1.54, 1.807) is 13.0 Å². The molecule has 0 saturated heterocycles. The van der Waals surface area contributed by atoms with Gasteiger partial charge in [0.25, 0.3) is 5.91 Å². The van der Waals surface area contributed by atoms with Crippen molar-refractivity contribution in [2.24, 2.45) is 0 Å². The van der Waals surface area contributed by atoms with Gasteiger partial charge in [-0.3, -0.25) is 10.1 Å². The Morgan fingerprint density at radius 2 is 2.12 bits per heavy atom. The third-order valence-corrected chi connectivity index (χ3v) is 3.23. The topological polar surface area (TPSA) is 54.9 Å². The number of hydrogen-bond donors (Lipinski definition) is 1. The minimum absolute atomic E-state index is 0.175. The van der Waals surface area contributed by atoms with Gasteiger partial charge in [-0.15, -0.1) is 0 Å². The largest absolute Gasteiger partial charge is 0.297 e. The first-order chi connectivity index (χ1) is 8.04. The molecule has 0 atom stereocenters. The Hall–Kier alpha value is -1.27. The van der Waals surface area contributed by atoms with Crippen molar-refractivity contribution in [3.63, 3.8) is 0 Å². The average molecular weight is 312 g/mol. The van der Waals surface area contributed by atoms with Crippen LogP contribution in [-0.2, 0) is 0 Å². The quantitative estimate of drug-likeness (QED) is 0.926. The van der Waals surface area contributed by atoms with Crippen LogP contribution in [0.2, 0.25) is 0 Å². The number of carbonyl (C=O) groups excluding carboxylic acids is 1. The minimum Gasteiger partial charge on any atom is -0.297 e. The standard InChI is InChI=1S/C11H10BrN3OS/c1-6-3-8(5-9(12)4-6)10(16)14-11-13-7(2)15-17-11/h3-5H,1-2H3,(H,13,14,15,16). The molecular weight excluding hydrogens is 302 g/mol. The molecule has 0 aliphatic heterocycles. The summed E-state index contributed by atoms with van der Waals surface area (Å²) in [4.78, 5) is 16.0. The maximum atomic E-state index is 11.9. The highest BCUT2D eigenvalue weighted by Crippen LogP contribution is 2.17. The van der Waals surface area contributed by atoms with Gasteiger partial charge in [0.1, 0.15) is 5.82 Å². The second-order valence-electron chi connectivity index (χ2n) is 3.62. The zero-order chi connectivity index (χ0) is 12.4. The Kier molecular flexibility index (Phi) is 3.54. The van der Waals surface area contributed by atoms with Crippen LogP contribution < -0.4 is 5.32 Å². The lowest BCUT2D eigenvalue weighted by molar-refractivity contribution is 0.102. The first kappa shape index (κ1) is 12.2. The van der Waals surface area contributed by atoms with Gasteiger partial charge in [-0.1, -0.05) is 15.9 Å². The van der Waals surface area contributed by atoms with Gasteiger partial charge in [0.05, 0.1) is 0 Å². The number of amides is 1. The van der Waals surface area contributed by atoms with Crippen LogP contribution in [-0.4, -0.2) is 15.3 Å². The number of halogens is 1. The van der Waals surface area contributed by atoms with Crippen molar-refractivity contribution in [1.29, 1.82) is 0 Å². The van der Waals surface area contributed by atoms with Crippen LogP contribution in [0.15, 0.2) is 22.7 Å². The lowest BCUT2D eigenvalue weighted by atomic mass is 10.1. The van der Waals surface area contributed by atoms with Gasteiger partial charge >= 0.3 is 0 Å². The van der Waals surface area contributed by atoms with Crippen molar-refractivity contribution in [2.45, 2.75) is 13.8 Å². The molecule has 17 heavy (non-hydrogen) atoms. The highest BCUT2D eigenvalue weighted by Gasteiger charge is 2.09. The van der Waals surface area contributed by atoms with Crippen molar-refractivity contribution in [3.8, 4) is 0 Å². The molecule has 0 spiro atoms. The van der Waals surface area contributed by atoms with E-state index in [0.717, 1.165) is 10.0 Å². The van der Waals surface area contributed by atoms with Gasteiger partial charge in [0, 0.05) is 21.6 Å². The maximum absolute atomic E-state index is 11.9. The summed E-state index contributed by atoms with van der Waals surface area (Å²) >= 11 is 4.54. The average Bonchev–Trinajstić information content (AvgIpc) is 2.62.